The van der Waals surface area contributed by atoms with Crippen LogP contribution in [0, 0.1) is 0 Å². The molecular weight excluding hydrogens is 242 g/mol. The summed E-state index contributed by atoms with van der Waals surface area (Å²) >= 11 is 5.58. The SMILES string of the molecule is CCN(C(=O)Cn1cnc(Cl)cc1=O)C1CC1. The number of hydrogen-bond donors (Lipinski definition) is 0. The van der Waals surface area contributed by atoms with E-state index in [1.54, 1.807) is 4.90 Å². The summed E-state index contributed by atoms with van der Waals surface area (Å²) in [5, 5.41) is 0.147. The zero-order chi connectivity index (χ0) is 12.4. The van der Waals surface area contributed by atoms with Crippen LogP contribution in [0.5, 0.6) is 0 Å². The summed E-state index contributed by atoms with van der Waals surface area (Å²) < 4.78 is 1.28. The third kappa shape index (κ3) is 2.85. The Morgan fingerprint density at radius 1 is 1.65 bits per heavy atom. The average molecular weight is 256 g/mol. The van der Waals surface area contributed by atoms with Crippen LogP contribution in [-0.4, -0.2) is 32.9 Å². The van der Waals surface area contributed by atoms with E-state index in [1.807, 2.05) is 6.92 Å². The maximum atomic E-state index is 12.0. The Balaban J connectivity index is 2.09. The summed E-state index contributed by atoms with van der Waals surface area (Å²) in [6.45, 7) is 2.66. The van der Waals surface area contributed by atoms with E-state index in [0.29, 0.717) is 12.6 Å². The normalized spacial score (nSPS) is 14.7. The van der Waals surface area contributed by atoms with E-state index < -0.39 is 0 Å². The molecular formula is C11H14ClN3O2. The number of carbonyl (C=O) groups is 1. The first-order valence-corrected chi connectivity index (χ1v) is 6.01. The number of likely N-dealkylation sites (N-methyl/N-ethyl adjacent to an activating group) is 1. The minimum atomic E-state index is -0.301. The molecule has 0 N–H and O–H groups in total. The molecule has 0 spiro atoms. The molecule has 1 aliphatic carbocycles. The quantitative estimate of drug-likeness (QED) is 0.752. The molecule has 0 unspecified atom stereocenters. The molecule has 0 aliphatic heterocycles. The summed E-state index contributed by atoms with van der Waals surface area (Å²) in [4.78, 5) is 29.1. The number of amides is 1. The minimum Gasteiger partial charge on any atom is -0.338 e. The Hall–Kier alpha value is -1.36. The van der Waals surface area contributed by atoms with Gasteiger partial charge in [-0.3, -0.25) is 14.2 Å². The zero-order valence-electron chi connectivity index (χ0n) is 9.60. The number of nitrogens with zero attached hydrogens (tertiary/aromatic N) is 3. The van der Waals surface area contributed by atoms with Crippen molar-refractivity contribution in [3.8, 4) is 0 Å². The highest BCUT2D eigenvalue weighted by atomic mass is 35.5. The third-order valence-electron chi connectivity index (χ3n) is 2.80. The Labute approximate surface area is 104 Å². The van der Waals surface area contributed by atoms with Gasteiger partial charge in [-0.1, -0.05) is 11.6 Å². The highest BCUT2D eigenvalue weighted by Gasteiger charge is 2.31. The first kappa shape index (κ1) is 12.1. The monoisotopic (exact) mass is 255 g/mol. The predicted molar refractivity (Wildman–Crippen MR) is 63.9 cm³/mol. The van der Waals surface area contributed by atoms with Gasteiger partial charge in [-0.25, -0.2) is 4.98 Å². The predicted octanol–water partition coefficient (Wildman–Crippen LogP) is 0.908. The van der Waals surface area contributed by atoms with Crippen molar-refractivity contribution in [2.75, 3.05) is 6.54 Å². The second-order valence-electron chi connectivity index (χ2n) is 4.09. The van der Waals surface area contributed by atoms with Gasteiger partial charge in [-0.05, 0) is 19.8 Å². The van der Waals surface area contributed by atoms with Crippen LogP contribution in [-0.2, 0) is 11.3 Å². The van der Waals surface area contributed by atoms with Crippen molar-refractivity contribution in [2.24, 2.45) is 0 Å². The van der Waals surface area contributed by atoms with Crippen molar-refractivity contribution < 1.29 is 4.79 Å². The molecule has 1 fully saturated rings. The Bertz CT molecular complexity index is 482. The van der Waals surface area contributed by atoms with E-state index in [-0.39, 0.29) is 23.2 Å². The second-order valence-corrected chi connectivity index (χ2v) is 4.48. The van der Waals surface area contributed by atoms with Crippen LogP contribution >= 0.6 is 11.6 Å². The van der Waals surface area contributed by atoms with Crippen LogP contribution < -0.4 is 5.56 Å². The smallest absolute Gasteiger partial charge is 0.255 e. The molecule has 0 saturated heterocycles. The topological polar surface area (TPSA) is 55.2 Å². The zero-order valence-corrected chi connectivity index (χ0v) is 10.4. The number of aromatic nitrogens is 2. The van der Waals surface area contributed by atoms with E-state index in [1.165, 1.54) is 17.0 Å². The van der Waals surface area contributed by atoms with Gasteiger partial charge in [0.25, 0.3) is 5.56 Å². The molecule has 17 heavy (non-hydrogen) atoms. The summed E-state index contributed by atoms with van der Waals surface area (Å²) in [6.07, 6.45) is 3.43. The fourth-order valence-electron chi connectivity index (χ4n) is 1.78. The lowest BCUT2D eigenvalue weighted by Gasteiger charge is -2.20. The lowest BCUT2D eigenvalue weighted by molar-refractivity contribution is -0.132. The second kappa shape index (κ2) is 4.87. The van der Waals surface area contributed by atoms with Gasteiger partial charge in [0.1, 0.15) is 11.7 Å². The molecule has 1 aromatic heterocycles. The highest BCUT2D eigenvalue weighted by molar-refractivity contribution is 6.29. The molecule has 92 valence electrons. The standard InChI is InChI=1S/C11H14ClN3O2/c1-2-15(8-3-4-8)11(17)6-14-7-13-9(12)5-10(14)16/h5,7-8H,2-4,6H2,1H3. The lowest BCUT2D eigenvalue weighted by atomic mass is 10.4. The molecule has 0 aromatic carbocycles. The van der Waals surface area contributed by atoms with Gasteiger partial charge in [0.15, 0.2) is 0 Å². The van der Waals surface area contributed by atoms with Crippen LogP contribution in [0.4, 0.5) is 0 Å². The Morgan fingerprint density at radius 3 is 2.88 bits per heavy atom. The molecule has 1 aliphatic rings. The van der Waals surface area contributed by atoms with Gasteiger partial charge in [-0.15, -0.1) is 0 Å². The summed E-state index contributed by atoms with van der Waals surface area (Å²) in [7, 11) is 0. The van der Waals surface area contributed by atoms with Crippen molar-refractivity contribution in [3.63, 3.8) is 0 Å². The highest BCUT2D eigenvalue weighted by Crippen LogP contribution is 2.26. The average Bonchev–Trinajstić information content (AvgIpc) is 3.08. The third-order valence-corrected chi connectivity index (χ3v) is 3.01. The maximum Gasteiger partial charge on any atom is 0.255 e. The molecule has 0 atom stereocenters. The molecule has 6 heteroatoms. The number of halogens is 1. The van der Waals surface area contributed by atoms with Crippen LogP contribution in [0.3, 0.4) is 0 Å². The van der Waals surface area contributed by atoms with Crippen LogP contribution in [0.1, 0.15) is 19.8 Å². The van der Waals surface area contributed by atoms with Gasteiger partial charge >= 0.3 is 0 Å². The van der Waals surface area contributed by atoms with Crippen molar-refractivity contribution in [1.29, 1.82) is 0 Å². The summed E-state index contributed by atoms with van der Waals surface area (Å²) in [6, 6.07) is 1.57. The number of rotatable bonds is 4. The first-order valence-electron chi connectivity index (χ1n) is 5.63. The summed E-state index contributed by atoms with van der Waals surface area (Å²) in [5.41, 5.74) is -0.301. The molecule has 1 heterocycles. The van der Waals surface area contributed by atoms with E-state index >= 15 is 0 Å². The van der Waals surface area contributed by atoms with Crippen LogP contribution in [0.2, 0.25) is 5.15 Å². The Morgan fingerprint density at radius 2 is 2.35 bits per heavy atom. The molecule has 1 amide bonds. The van der Waals surface area contributed by atoms with Gasteiger partial charge in [0, 0.05) is 18.7 Å². The van der Waals surface area contributed by atoms with Gasteiger partial charge in [0.05, 0.1) is 6.33 Å². The van der Waals surface area contributed by atoms with Crippen LogP contribution in [0.15, 0.2) is 17.2 Å². The van der Waals surface area contributed by atoms with Crippen molar-refractivity contribution >= 4 is 17.5 Å². The van der Waals surface area contributed by atoms with E-state index in [2.05, 4.69) is 4.98 Å². The number of carbonyl (C=O) groups excluding carboxylic acids is 1. The van der Waals surface area contributed by atoms with Crippen molar-refractivity contribution in [1.82, 2.24) is 14.5 Å². The summed E-state index contributed by atoms with van der Waals surface area (Å²) in [5.74, 6) is -0.0405. The van der Waals surface area contributed by atoms with Gasteiger partial charge in [0.2, 0.25) is 5.91 Å². The molecule has 1 aromatic rings. The Kier molecular flexibility index (Phi) is 3.47. The van der Waals surface area contributed by atoms with E-state index in [4.69, 9.17) is 11.6 Å². The molecule has 0 bridgehead atoms. The lowest BCUT2D eigenvalue weighted by Crippen LogP contribution is -2.37. The van der Waals surface area contributed by atoms with Crippen molar-refractivity contribution in [3.05, 3.63) is 27.9 Å². The van der Waals surface area contributed by atoms with Gasteiger partial charge < -0.3 is 4.90 Å². The molecule has 2 rings (SSSR count). The fraction of sp³-hybridized carbons (Fsp3) is 0.545. The number of hydrogen-bond acceptors (Lipinski definition) is 3. The van der Waals surface area contributed by atoms with Gasteiger partial charge in [-0.2, -0.15) is 0 Å². The van der Waals surface area contributed by atoms with E-state index in [9.17, 15) is 9.59 Å². The largest absolute Gasteiger partial charge is 0.338 e. The molecule has 1 saturated carbocycles. The van der Waals surface area contributed by atoms with E-state index in [0.717, 1.165) is 12.8 Å². The fourth-order valence-corrected chi connectivity index (χ4v) is 1.92. The first-order chi connectivity index (χ1) is 8.11. The minimum absolute atomic E-state index is 0.0351. The van der Waals surface area contributed by atoms with Crippen molar-refractivity contribution in [2.45, 2.75) is 32.4 Å². The maximum absolute atomic E-state index is 12.0. The van der Waals surface area contributed by atoms with Crippen LogP contribution in [0.25, 0.3) is 0 Å². The molecule has 0 radical (unpaired) electrons. The molecule has 5 nitrogen and oxygen atoms in total.